The molecule has 0 aliphatic heterocycles. The Morgan fingerprint density at radius 3 is 2.72 bits per heavy atom. The molecule has 0 saturated carbocycles. The Bertz CT molecular complexity index is 752. The molecule has 2 rings (SSSR count). The van der Waals surface area contributed by atoms with Gasteiger partial charge in [-0.3, -0.25) is 4.79 Å². The van der Waals surface area contributed by atoms with Gasteiger partial charge in [0.25, 0.3) is 5.91 Å². The van der Waals surface area contributed by atoms with Crippen molar-refractivity contribution in [2.75, 3.05) is 11.9 Å². The van der Waals surface area contributed by atoms with Crippen LogP contribution in [0.15, 0.2) is 42.6 Å². The highest BCUT2D eigenvalue weighted by Crippen LogP contribution is 2.21. The van der Waals surface area contributed by atoms with Crippen LogP contribution in [0, 0.1) is 5.82 Å². The highest BCUT2D eigenvalue weighted by molar-refractivity contribution is 5.96. The average Bonchev–Trinajstić information content (AvgIpc) is 2.62. The molecule has 0 saturated heterocycles. The van der Waals surface area contributed by atoms with Gasteiger partial charge in [0.15, 0.2) is 6.61 Å². The molecular formula is C18H20FN3O3. The second-order valence-corrected chi connectivity index (χ2v) is 5.46. The molecule has 0 bridgehead atoms. The molecule has 1 atom stereocenters. The number of aromatic nitrogens is 1. The molecule has 0 radical (unpaired) electrons. The number of amides is 1. The molecule has 1 aromatic heterocycles. The largest absolute Gasteiger partial charge is 0.452 e. The minimum Gasteiger partial charge on any atom is -0.452 e. The van der Waals surface area contributed by atoms with Crippen molar-refractivity contribution in [2.45, 2.75) is 26.3 Å². The van der Waals surface area contributed by atoms with Crippen LogP contribution in [0.1, 0.15) is 30.6 Å². The van der Waals surface area contributed by atoms with Crippen molar-refractivity contribution < 1.29 is 18.7 Å². The number of carbonyl (C=O) groups excluding carboxylic acids is 2. The van der Waals surface area contributed by atoms with E-state index < -0.39 is 18.4 Å². The Kier molecular flexibility index (Phi) is 6.45. The number of esters is 1. The fourth-order valence-corrected chi connectivity index (χ4v) is 1.99. The number of para-hydroxylation sites is 1. The van der Waals surface area contributed by atoms with Gasteiger partial charge in [-0.25, -0.2) is 14.2 Å². The van der Waals surface area contributed by atoms with Crippen molar-refractivity contribution in [3.63, 3.8) is 0 Å². The van der Waals surface area contributed by atoms with E-state index in [-0.39, 0.29) is 29.0 Å². The summed E-state index contributed by atoms with van der Waals surface area (Å²) in [5, 5.41) is 5.46. The third-order valence-corrected chi connectivity index (χ3v) is 3.51. The summed E-state index contributed by atoms with van der Waals surface area (Å²) in [5.74, 6) is -1.42. The first-order valence-electron chi connectivity index (χ1n) is 7.94. The van der Waals surface area contributed by atoms with Crippen molar-refractivity contribution in [3.8, 4) is 0 Å². The first kappa shape index (κ1) is 18.4. The summed E-state index contributed by atoms with van der Waals surface area (Å²) in [6, 6.07) is 9.09. The lowest BCUT2D eigenvalue weighted by Crippen LogP contribution is -2.35. The van der Waals surface area contributed by atoms with Crippen molar-refractivity contribution in [1.82, 2.24) is 10.3 Å². The van der Waals surface area contributed by atoms with Crippen molar-refractivity contribution in [2.24, 2.45) is 0 Å². The third-order valence-electron chi connectivity index (χ3n) is 3.51. The molecular weight excluding hydrogens is 325 g/mol. The number of hydrogen-bond acceptors (Lipinski definition) is 5. The van der Waals surface area contributed by atoms with Gasteiger partial charge in [-0.1, -0.05) is 19.1 Å². The molecule has 25 heavy (non-hydrogen) atoms. The van der Waals surface area contributed by atoms with E-state index in [1.807, 2.05) is 13.8 Å². The summed E-state index contributed by atoms with van der Waals surface area (Å²) in [7, 11) is 0. The zero-order chi connectivity index (χ0) is 18.2. The molecule has 0 unspecified atom stereocenters. The number of pyridine rings is 1. The van der Waals surface area contributed by atoms with Gasteiger partial charge in [0.05, 0.1) is 5.69 Å². The normalized spacial score (nSPS) is 11.5. The monoisotopic (exact) mass is 345 g/mol. The van der Waals surface area contributed by atoms with Gasteiger partial charge in [-0.15, -0.1) is 0 Å². The van der Waals surface area contributed by atoms with Crippen LogP contribution in [0.3, 0.4) is 0 Å². The number of halogens is 1. The molecule has 132 valence electrons. The SMILES string of the molecule is CC[C@H](C)NC(=O)COC(=O)c1cccnc1Nc1ccccc1F. The lowest BCUT2D eigenvalue weighted by molar-refractivity contribution is -0.124. The molecule has 1 amide bonds. The molecule has 7 heteroatoms. The highest BCUT2D eigenvalue weighted by atomic mass is 19.1. The van der Waals surface area contributed by atoms with E-state index in [1.54, 1.807) is 18.2 Å². The Hall–Kier alpha value is -2.96. The zero-order valence-electron chi connectivity index (χ0n) is 14.1. The van der Waals surface area contributed by atoms with Gasteiger partial charge < -0.3 is 15.4 Å². The van der Waals surface area contributed by atoms with Crippen LogP contribution in [0.4, 0.5) is 15.9 Å². The average molecular weight is 345 g/mol. The van der Waals surface area contributed by atoms with Gasteiger partial charge in [0.2, 0.25) is 0 Å². The van der Waals surface area contributed by atoms with Crippen LogP contribution in [-0.2, 0) is 9.53 Å². The number of nitrogens with zero attached hydrogens (tertiary/aromatic N) is 1. The number of benzene rings is 1. The minimum atomic E-state index is -0.716. The van der Waals surface area contributed by atoms with E-state index in [0.717, 1.165) is 6.42 Å². The maximum absolute atomic E-state index is 13.8. The molecule has 2 N–H and O–H groups in total. The maximum atomic E-state index is 13.8. The second kappa shape index (κ2) is 8.77. The fraction of sp³-hybridized carbons (Fsp3) is 0.278. The standard InChI is InChI=1S/C18H20FN3O3/c1-3-12(2)21-16(23)11-25-18(24)13-7-6-10-20-17(13)22-15-9-5-4-8-14(15)19/h4-10,12H,3,11H2,1-2H3,(H,20,22)(H,21,23)/t12-/m0/s1. The van der Waals surface area contributed by atoms with E-state index in [0.29, 0.717) is 0 Å². The summed E-state index contributed by atoms with van der Waals surface area (Å²) in [6.45, 7) is 3.40. The highest BCUT2D eigenvalue weighted by Gasteiger charge is 2.16. The summed E-state index contributed by atoms with van der Waals surface area (Å²) in [5.41, 5.74) is 0.298. The lowest BCUT2D eigenvalue weighted by atomic mass is 10.2. The van der Waals surface area contributed by atoms with Crippen LogP contribution < -0.4 is 10.6 Å². The second-order valence-electron chi connectivity index (χ2n) is 5.46. The number of ether oxygens (including phenoxy) is 1. The number of rotatable bonds is 7. The fourth-order valence-electron chi connectivity index (χ4n) is 1.99. The molecule has 2 aromatic rings. The molecule has 1 heterocycles. The Balaban J connectivity index is 2.05. The van der Waals surface area contributed by atoms with Gasteiger partial charge >= 0.3 is 5.97 Å². The summed E-state index contributed by atoms with van der Waals surface area (Å²) < 4.78 is 18.8. The quantitative estimate of drug-likeness (QED) is 0.754. The minimum absolute atomic E-state index is 0.00266. The molecule has 0 aliphatic rings. The third kappa shape index (κ3) is 5.27. The first-order valence-corrected chi connectivity index (χ1v) is 7.94. The van der Waals surface area contributed by atoms with Crippen LogP contribution in [-0.4, -0.2) is 29.5 Å². The molecule has 0 spiro atoms. The van der Waals surface area contributed by atoms with Crippen LogP contribution >= 0.6 is 0 Å². The number of carbonyl (C=O) groups is 2. The topological polar surface area (TPSA) is 80.3 Å². The van der Waals surface area contributed by atoms with Gasteiger partial charge in [0, 0.05) is 12.2 Å². The van der Waals surface area contributed by atoms with E-state index in [2.05, 4.69) is 15.6 Å². The predicted octanol–water partition coefficient (Wildman–Crippen LogP) is 3.04. The van der Waals surface area contributed by atoms with Crippen LogP contribution in [0.5, 0.6) is 0 Å². The van der Waals surface area contributed by atoms with Crippen LogP contribution in [0.2, 0.25) is 0 Å². The maximum Gasteiger partial charge on any atom is 0.342 e. The zero-order valence-corrected chi connectivity index (χ0v) is 14.1. The summed E-state index contributed by atoms with van der Waals surface area (Å²) >= 11 is 0. The smallest absolute Gasteiger partial charge is 0.342 e. The number of nitrogens with one attached hydrogen (secondary N) is 2. The number of anilines is 2. The van der Waals surface area contributed by atoms with E-state index in [9.17, 15) is 14.0 Å². The van der Waals surface area contributed by atoms with Crippen molar-refractivity contribution in [3.05, 3.63) is 54.0 Å². The summed E-state index contributed by atoms with van der Waals surface area (Å²) in [6.07, 6.45) is 2.24. The Morgan fingerprint density at radius 2 is 2.00 bits per heavy atom. The Labute approximate surface area is 145 Å². The van der Waals surface area contributed by atoms with Crippen molar-refractivity contribution in [1.29, 1.82) is 0 Å². The molecule has 1 aromatic carbocycles. The lowest BCUT2D eigenvalue weighted by Gasteiger charge is -2.13. The predicted molar refractivity (Wildman–Crippen MR) is 92.1 cm³/mol. The van der Waals surface area contributed by atoms with E-state index in [4.69, 9.17) is 4.74 Å². The van der Waals surface area contributed by atoms with Crippen LogP contribution in [0.25, 0.3) is 0 Å². The molecule has 0 fully saturated rings. The van der Waals surface area contributed by atoms with Crippen molar-refractivity contribution >= 4 is 23.4 Å². The van der Waals surface area contributed by atoms with E-state index in [1.165, 1.54) is 24.4 Å². The molecule has 6 nitrogen and oxygen atoms in total. The molecule has 0 aliphatic carbocycles. The summed E-state index contributed by atoms with van der Waals surface area (Å²) in [4.78, 5) is 28.0. The number of hydrogen-bond donors (Lipinski definition) is 2. The first-order chi connectivity index (χ1) is 12.0. The van der Waals surface area contributed by atoms with Gasteiger partial charge in [0.1, 0.15) is 17.2 Å². The Morgan fingerprint density at radius 1 is 1.24 bits per heavy atom. The van der Waals surface area contributed by atoms with Gasteiger partial charge in [-0.05, 0) is 37.6 Å². The van der Waals surface area contributed by atoms with Gasteiger partial charge in [-0.2, -0.15) is 0 Å². The van der Waals surface area contributed by atoms with E-state index >= 15 is 0 Å².